The third kappa shape index (κ3) is 2.28. The number of imidazole rings is 1. The van der Waals surface area contributed by atoms with Crippen molar-refractivity contribution in [3.63, 3.8) is 0 Å². The molecule has 3 heterocycles. The van der Waals surface area contributed by atoms with E-state index in [2.05, 4.69) is 44.4 Å². The fraction of sp³-hybridized carbons (Fsp3) is 0.143. The summed E-state index contributed by atoms with van der Waals surface area (Å²) in [5, 5.41) is 0. The molecule has 0 saturated heterocycles. The maximum absolute atomic E-state index is 4.56. The molecule has 0 atom stereocenters. The molecule has 0 saturated carbocycles. The lowest BCUT2D eigenvalue weighted by Crippen LogP contribution is -1.99. The third-order valence-electron chi connectivity index (χ3n) is 3.24. The summed E-state index contributed by atoms with van der Waals surface area (Å²) in [4.78, 5) is 17.2. The highest BCUT2D eigenvalue weighted by atomic mass is 32.2. The zero-order valence-corrected chi connectivity index (χ0v) is 12.9. The normalized spacial score (nSPS) is 11.5. The van der Waals surface area contributed by atoms with Gasteiger partial charge in [0.1, 0.15) is 11.8 Å². The Hall–Kier alpha value is -1.99. The zero-order chi connectivity index (χ0) is 14.2. The molecule has 7 heteroatoms. The molecule has 1 aromatic carbocycles. The summed E-state index contributed by atoms with van der Waals surface area (Å²) in [7, 11) is 0. The van der Waals surface area contributed by atoms with Crippen LogP contribution in [0.2, 0.25) is 0 Å². The summed E-state index contributed by atoms with van der Waals surface area (Å²) in [6.45, 7) is 0.746. The number of hydrogen-bond donors (Lipinski definition) is 0. The Labute approximate surface area is 129 Å². The Morgan fingerprint density at radius 1 is 1.24 bits per heavy atom. The topological polar surface area (TPSA) is 56.5 Å². The first-order valence-electron chi connectivity index (χ1n) is 6.38. The van der Waals surface area contributed by atoms with Crippen LogP contribution < -0.4 is 0 Å². The molecule has 21 heavy (non-hydrogen) atoms. The van der Waals surface area contributed by atoms with Crippen molar-refractivity contribution in [3.8, 4) is 0 Å². The van der Waals surface area contributed by atoms with Crippen LogP contribution in [-0.4, -0.2) is 30.8 Å². The molecule has 0 aliphatic heterocycles. The number of fused-ring (bicyclic) bond motifs is 2. The van der Waals surface area contributed by atoms with Crippen LogP contribution in [0.25, 0.3) is 21.4 Å². The van der Waals surface area contributed by atoms with Gasteiger partial charge in [-0.15, -0.1) is 11.3 Å². The van der Waals surface area contributed by atoms with Crippen LogP contribution in [-0.2, 0) is 6.54 Å². The van der Waals surface area contributed by atoms with Crippen molar-refractivity contribution in [1.29, 1.82) is 0 Å². The molecule has 0 N–H and O–H groups in total. The molecule has 0 bridgehead atoms. The molecule has 4 aromatic rings. The van der Waals surface area contributed by atoms with Gasteiger partial charge in [-0.3, -0.25) is 0 Å². The van der Waals surface area contributed by atoms with Crippen LogP contribution in [0.3, 0.4) is 0 Å². The van der Waals surface area contributed by atoms with Gasteiger partial charge >= 0.3 is 0 Å². The van der Waals surface area contributed by atoms with E-state index in [9.17, 15) is 0 Å². The monoisotopic (exact) mass is 313 g/mol. The van der Waals surface area contributed by atoms with Crippen LogP contribution in [0.4, 0.5) is 0 Å². The highest BCUT2D eigenvalue weighted by Crippen LogP contribution is 2.29. The SMILES string of the molecule is CSc1nc2ccc(Cn3cnc4cncnc43)cc2s1. The van der Waals surface area contributed by atoms with Crippen molar-refractivity contribution in [3.05, 3.63) is 42.6 Å². The Bertz CT molecular complexity index is 927. The number of benzene rings is 1. The molecule has 0 aliphatic rings. The van der Waals surface area contributed by atoms with E-state index in [1.165, 1.54) is 10.3 Å². The molecule has 104 valence electrons. The van der Waals surface area contributed by atoms with Gasteiger partial charge in [0.2, 0.25) is 0 Å². The van der Waals surface area contributed by atoms with Gasteiger partial charge in [0.15, 0.2) is 9.99 Å². The van der Waals surface area contributed by atoms with Gasteiger partial charge in [-0.1, -0.05) is 17.8 Å². The predicted octanol–water partition coefficient (Wildman–Crippen LogP) is 3.21. The van der Waals surface area contributed by atoms with Gasteiger partial charge in [0.25, 0.3) is 0 Å². The van der Waals surface area contributed by atoms with Gasteiger partial charge in [-0.05, 0) is 24.0 Å². The minimum Gasteiger partial charge on any atom is -0.311 e. The highest BCUT2D eigenvalue weighted by molar-refractivity contribution is 8.00. The molecule has 0 aliphatic carbocycles. The van der Waals surface area contributed by atoms with E-state index in [0.717, 1.165) is 27.6 Å². The van der Waals surface area contributed by atoms with Crippen molar-refractivity contribution in [2.45, 2.75) is 10.9 Å². The number of nitrogens with zero attached hydrogens (tertiary/aromatic N) is 5. The summed E-state index contributed by atoms with van der Waals surface area (Å²) in [6.07, 6.45) is 7.15. The van der Waals surface area contributed by atoms with Crippen LogP contribution in [0, 0.1) is 0 Å². The van der Waals surface area contributed by atoms with E-state index in [1.54, 1.807) is 35.6 Å². The lowest BCUT2D eigenvalue weighted by Gasteiger charge is -2.03. The first-order valence-corrected chi connectivity index (χ1v) is 8.42. The summed E-state index contributed by atoms with van der Waals surface area (Å²) in [6, 6.07) is 6.38. The number of hydrogen-bond acceptors (Lipinski definition) is 6. The molecular weight excluding hydrogens is 302 g/mol. The number of thiazole rings is 1. The summed E-state index contributed by atoms with van der Waals surface area (Å²) in [5.41, 5.74) is 3.96. The summed E-state index contributed by atoms with van der Waals surface area (Å²) >= 11 is 3.41. The molecule has 0 fully saturated rings. The van der Waals surface area contributed by atoms with Crippen molar-refractivity contribution in [1.82, 2.24) is 24.5 Å². The summed E-state index contributed by atoms with van der Waals surface area (Å²) in [5.74, 6) is 0. The molecule has 5 nitrogen and oxygen atoms in total. The van der Waals surface area contributed by atoms with E-state index < -0.39 is 0 Å². The van der Waals surface area contributed by atoms with E-state index in [4.69, 9.17) is 0 Å². The van der Waals surface area contributed by atoms with Crippen LogP contribution in [0.15, 0.2) is 41.4 Å². The maximum Gasteiger partial charge on any atom is 0.163 e. The van der Waals surface area contributed by atoms with Crippen LogP contribution in [0.5, 0.6) is 0 Å². The molecule has 4 rings (SSSR count). The lowest BCUT2D eigenvalue weighted by molar-refractivity contribution is 0.814. The Balaban J connectivity index is 1.73. The van der Waals surface area contributed by atoms with Gasteiger partial charge < -0.3 is 4.57 Å². The fourth-order valence-corrected chi connectivity index (χ4v) is 3.81. The van der Waals surface area contributed by atoms with Crippen molar-refractivity contribution < 1.29 is 0 Å². The second kappa shape index (κ2) is 5.09. The highest BCUT2D eigenvalue weighted by Gasteiger charge is 2.07. The second-order valence-corrected chi connectivity index (χ2v) is 6.67. The molecular formula is C14H11N5S2. The average Bonchev–Trinajstić information content (AvgIpc) is 3.11. The van der Waals surface area contributed by atoms with Gasteiger partial charge in [0, 0.05) is 0 Å². The second-order valence-electron chi connectivity index (χ2n) is 4.59. The van der Waals surface area contributed by atoms with E-state index in [0.29, 0.717) is 0 Å². The predicted molar refractivity (Wildman–Crippen MR) is 85.8 cm³/mol. The lowest BCUT2D eigenvalue weighted by atomic mass is 10.2. The smallest absolute Gasteiger partial charge is 0.163 e. The quantitative estimate of drug-likeness (QED) is 0.544. The van der Waals surface area contributed by atoms with Crippen LogP contribution in [0.1, 0.15) is 5.56 Å². The number of thioether (sulfide) groups is 1. The standard InChI is InChI=1S/C14H11N5S2/c1-20-14-18-10-3-2-9(4-12(10)21-14)6-19-8-17-11-5-15-7-16-13(11)19/h2-5,7-8H,6H2,1H3. The molecule has 3 aromatic heterocycles. The summed E-state index contributed by atoms with van der Waals surface area (Å²) < 4.78 is 4.35. The van der Waals surface area contributed by atoms with E-state index >= 15 is 0 Å². The Kier molecular flexibility index (Phi) is 3.08. The number of rotatable bonds is 3. The van der Waals surface area contributed by atoms with Crippen molar-refractivity contribution in [2.24, 2.45) is 0 Å². The number of aromatic nitrogens is 5. The Morgan fingerprint density at radius 2 is 2.19 bits per heavy atom. The van der Waals surface area contributed by atoms with Crippen LogP contribution >= 0.6 is 23.1 Å². The largest absolute Gasteiger partial charge is 0.311 e. The average molecular weight is 313 g/mol. The maximum atomic E-state index is 4.56. The molecule has 0 amide bonds. The van der Waals surface area contributed by atoms with Gasteiger partial charge in [-0.25, -0.2) is 19.9 Å². The van der Waals surface area contributed by atoms with Crippen molar-refractivity contribution >= 4 is 44.5 Å². The molecule has 0 spiro atoms. The fourth-order valence-electron chi connectivity index (χ4n) is 2.26. The first-order chi connectivity index (χ1) is 10.3. The first kappa shape index (κ1) is 12.7. The minimum absolute atomic E-state index is 0.746. The zero-order valence-electron chi connectivity index (χ0n) is 11.2. The van der Waals surface area contributed by atoms with E-state index in [1.807, 2.05) is 10.9 Å². The van der Waals surface area contributed by atoms with Gasteiger partial charge in [-0.2, -0.15) is 0 Å². The van der Waals surface area contributed by atoms with Gasteiger partial charge in [0.05, 0.1) is 29.3 Å². The molecule has 0 radical (unpaired) electrons. The molecule has 0 unspecified atom stereocenters. The minimum atomic E-state index is 0.746. The Morgan fingerprint density at radius 3 is 3.10 bits per heavy atom. The third-order valence-corrected chi connectivity index (χ3v) is 5.24. The van der Waals surface area contributed by atoms with E-state index in [-0.39, 0.29) is 0 Å². The van der Waals surface area contributed by atoms with Crippen molar-refractivity contribution in [2.75, 3.05) is 6.26 Å².